The first kappa shape index (κ1) is 22.1. The Kier molecular flexibility index (Phi) is 5.55. The van der Waals surface area contributed by atoms with Crippen LogP contribution in [0, 0.1) is 23.5 Å². The first-order chi connectivity index (χ1) is 15.8. The number of rotatable bonds is 7. The van der Waals surface area contributed by atoms with Crippen molar-refractivity contribution in [1.29, 1.82) is 0 Å². The highest BCUT2D eigenvalue weighted by molar-refractivity contribution is 6.04. The van der Waals surface area contributed by atoms with Gasteiger partial charge in [0.15, 0.2) is 17.3 Å². The van der Waals surface area contributed by atoms with Crippen LogP contribution in [0.3, 0.4) is 0 Å². The van der Waals surface area contributed by atoms with Crippen molar-refractivity contribution < 1.29 is 22.7 Å². The number of piperidine rings is 2. The summed E-state index contributed by atoms with van der Waals surface area (Å²) < 4.78 is 41.1. The van der Waals surface area contributed by atoms with Crippen LogP contribution >= 0.6 is 0 Å². The third-order valence-electron chi connectivity index (χ3n) is 7.41. The van der Waals surface area contributed by atoms with E-state index in [4.69, 9.17) is 9.15 Å². The molecule has 7 nitrogen and oxygen atoms in total. The maximum absolute atomic E-state index is 14.9. The first-order valence-corrected chi connectivity index (χ1v) is 11.7. The Morgan fingerprint density at radius 3 is 2.36 bits per heavy atom. The van der Waals surface area contributed by atoms with Crippen LogP contribution < -0.4 is 15.1 Å². The van der Waals surface area contributed by atoms with Gasteiger partial charge in [0, 0.05) is 32.3 Å². The van der Waals surface area contributed by atoms with E-state index in [1.54, 1.807) is 12.0 Å². The highest BCUT2D eigenvalue weighted by Gasteiger charge is 2.44. The smallest absolute Gasteiger partial charge is 0.298 e. The maximum atomic E-state index is 14.9. The number of nitrogens with one attached hydrogen (secondary N) is 1. The molecule has 0 radical (unpaired) electrons. The summed E-state index contributed by atoms with van der Waals surface area (Å²) in [5.74, 6) is -0.416. The summed E-state index contributed by atoms with van der Waals surface area (Å²) in [5, 5.41) is 2.59. The van der Waals surface area contributed by atoms with E-state index in [0.29, 0.717) is 56.2 Å². The van der Waals surface area contributed by atoms with Crippen molar-refractivity contribution in [2.75, 3.05) is 48.4 Å². The Labute approximate surface area is 192 Å². The van der Waals surface area contributed by atoms with Gasteiger partial charge in [-0.2, -0.15) is 4.98 Å². The number of aryl methyl sites for hydroxylation is 1. The molecule has 9 heteroatoms. The monoisotopic (exact) mass is 460 g/mol. The molecule has 1 aromatic carbocycles. The van der Waals surface area contributed by atoms with Crippen molar-refractivity contribution in [1.82, 2.24) is 4.98 Å². The second-order valence-electron chi connectivity index (χ2n) is 9.57. The molecule has 2 bridgehead atoms. The number of ether oxygens (including phenoxy) is 1. The number of carbonyl (C=O) groups is 1. The van der Waals surface area contributed by atoms with Crippen molar-refractivity contribution in [3.05, 3.63) is 35.2 Å². The predicted octanol–water partition coefficient (Wildman–Crippen LogP) is 4.23. The molecule has 6 rings (SSSR count). The lowest BCUT2D eigenvalue weighted by Crippen LogP contribution is -2.62. The van der Waals surface area contributed by atoms with Crippen LogP contribution in [-0.2, 0) is 11.2 Å². The second kappa shape index (κ2) is 8.27. The third-order valence-corrected chi connectivity index (χ3v) is 7.41. The van der Waals surface area contributed by atoms with Crippen LogP contribution in [-0.4, -0.2) is 49.8 Å². The number of oxazole rings is 1. The fraction of sp³-hybridized carbons (Fsp3) is 0.583. The Balaban J connectivity index is 1.31. The zero-order chi connectivity index (χ0) is 23.3. The van der Waals surface area contributed by atoms with Crippen LogP contribution in [0.15, 0.2) is 16.5 Å². The zero-order valence-electron chi connectivity index (χ0n) is 19.3. The lowest BCUT2D eigenvalue weighted by molar-refractivity contribution is -0.0379. The number of nitrogens with zero attached hydrogens (tertiary/aromatic N) is 3. The molecule has 1 saturated carbocycles. The van der Waals surface area contributed by atoms with E-state index in [2.05, 4.69) is 17.2 Å². The molecular weight excluding hydrogens is 430 g/mol. The van der Waals surface area contributed by atoms with E-state index in [1.807, 2.05) is 11.8 Å². The van der Waals surface area contributed by atoms with Gasteiger partial charge in [-0.05, 0) is 43.2 Å². The van der Waals surface area contributed by atoms with Crippen LogP contribution in [0.5, 0.6) is 0 Å². The van der Waals surface area contributed by atoms with Crippen molar-refractivity contribution in [2.24, 2.45) is 11.8 Å². The summed E-state index contributed by atoms with van der Waals surface area (Å²) in [4.78, 5) is 21.0. The Bertz CT molecular complexity index is 1020. The number of benzene rings is 1. The highest BCUT2D eigenvalue weighted by atomic mass is 19.1. The number of halogens is 2. The number of amides is 1. The zero-order valence-corrected chi connectivity index (χ0v) is 19.3. The number of anilines is 3. The fourth-order valence-electron chi connectivity index (χ4n) is 5.36. The van der Waals surface area contributed by atoms with Crippen LogP contribution in [0.1, 0.15) is 49.4 Å². The third kappa shape index (κ3) is 3.86. The second-order valence-corrected chi connectivity index (χ2v) is 9.57. The van der Waals surface area contributed by atoms with Gasteiger partial charge >= 0.3 is 0 Å². The summed E-state index contributed by atoms with van der Waals surface area (Å²) in [6, 6.07) is 2.70. The van der Waals surface area contributed by atoms with Crippen molar-refractivity contribution in [3.63, 3.8) is 0 Å². The predicted molar refractivity (Wildman–Crippen MR) is 121 cm³/mol. The van der Waals surface area contributed by atoms with Gasteiger partial charge in [0.2, 0.25) is 0 Å². The number of aromatic nitrogens is 1. The van der Waals surface area contributed by atoms with Gasteiger partial charge in [0.05, 0.1) is 13.1 Å². The summed E-state index contributed by atoms with van der Waals surface area (Å²) in [7, 11) is 1.68. The van der Waals surface area contributed by atoms with E-state index in [-0.39, 0.29) is 22.7 Å². The van der Waals surface area contributed by atoms with Crippen LogP contribution in [0.25, 0.3) is 0 Å². The summed E-state index contributed by atoms with van der Waals surface area (Å²) in [5.41, 5.74) is -0.0499. The molecule has 3 saturated heterocycles. The summed E-state index contributed by atoms with van der Waals surface area (Å²) in [6.07, 6.45) is 3.62. The van der Waals surface area contributed by atoms with Gasteiger partial charge < -0.3 is 24.3 Å². The summed E-state index contributed by atoms with van der Waals surface area (Å²) in [6.45, 7) is 6.53. The molecular formula is C24H30F2N4O3. The fourth-order valence-corrected chi connectivity index (χ4v) is 5.36. The number of methoxy groups -OCH3 is 1. The van der Waals surface area contributed by atoms with Crippen LogP contribution in [0.4, 0.5) is 26.2 Å². The normalized spacial score (nSPS) is 23.2. The minimum atomic E-state index is -0.667. The van der Waals surface area contributed by atoms with Crippen molar-refractivity contribution in [2.45, 2.75) is 45.1 Å². The van der Waals surface area contributed by atoms with Gasteiger partial charge in [-0.1, -0.05) is 13.8 Å². The molecule has 4 fully saturated rings. The van der Waals surface area contributed by atoms with Crippen molar-refractivity contribution in [3.8, 4) is 0 Å². The molecule has 3 aliphatic heterocycles. The highest BCUT2D eigenvalue weighted by Crippen LogP contribution is 2.42. The average molecular weight is 461 g/mol. The molecule has 4 heterocycles. The molecule has 0 atom stereocenters. The van der Waals surface area contributed by atoms with Gasteiger partial charge in [0.25, 0.3) is 11.9 Å². The molecule has 1 amide bonds. The topological polar surface area (TPSA) is 70.8 Å². The van der Waals surface area contributed by atoms with Crippen molar-refractivity contribution >= 4 is 23.3 Å². The lowest BCUT2D eigenvalue weighted by Gasteiger charge is -2.48. The van der Waals surface area contributed by atoms with E-state index >= 15 is 0 Å². The minimum absolute atomic E-state index is 0.00398. The van der Waals surface area contributed by atoms with Gasteiger partial charge in [-0.15, -0.1) is 0 Å². The van der Waals surface area contributed by atoms with E-state index in [1.165, 1.54) is 12.1 Å². The van der Waals surface area contributed by atoms with E-state index in [0.717, 1.165) is 19.3 Å². The molecule has 1 aliphatic carbocycles. The SMILES string of the molecule is CCc1oc(N2CC(CC)(OC)C2)nc1C(=O)Nc1cc(F)c(N2CC3CC(C3)C2)c(F)c1. The molecule has 1 N–H and O–H groups in total. The van der Waals surface area contributed by atoms with Gasteiger partial charge in [-0.25, -0.2) is 8.78 Å². The first-order valence-electron chi connectivity index (χ1n) is 11.7. The summed E-state index contributed by atoms with van der Waals surface area (Å²) >= 11 is 0. The Morgan fingerprint density at radius 2 is 1.82 bits per heavy atom. The lowest BCUT2D eigenvalue weighted by atomic mass is 9.71. The van der Waals surface area contributed by atoms with E-state index < -0.39 is 17.5 Å². The molecule has 1 aromatic heterocycles. The molecule has 4 aliphatic rings. The number of hydrogen-bond donors (Lipinski definition) is 1. The van der Waals surface area contributed by atoms with Crippen LogP contribution in [0.2, 0.25) is 0 Å². The van der Waals surface area contributed by atoms with E-state index in [9.17, 15) is 13.6 Å². The Hall–Kier alpha value is -2.68. The Morgan fingerprint density at radius 1 is 1.18 bits per heavy atom. The number of carbonyl (C=O) groups excluding carboxylic acids is 1. The average Bonchev–Trinajstić information content (AvgIpc) is 3.17. The van der Waals surface area contributed by atoms with Gasteiger partial charge in [0.1, 0.15) is 17.0 Å². The number of fused-ring (bicyclic) bond motifs is 2. The maximum Gasteiger partial charge on any atom is 0.298 e. The minimum Gasteiger partial charge on any atom is -0.428 e. The molecule has 33 heavy (non-hydrogen) atoms. The molecule has 2 aromatic rings. The standard InChI is InChI=1S/C24H30F2N4O3/c1-4-19-20(28-23(33-19)30-12-24(5-2,13-30)32-3)22(31)27-16-8-17(25)21(18(26)9-16)29-10-14-6-15(7-14)11-29/h8-9,14-15H,4-7,10-13H2,1-3H3,(H,27,31). The molecule has 178 valence electrons. The van der Waals surface area contributed by atoms with Gasteiger partial charge in [-0.3, -0.25) is 4.79 Å². The number of hydrogen-bond acceptors (Lipinski definition) is 6. The quantitative estimate of drug-likeness (QED) is 0.667. The molecule has 0 spiro atoms. The molecule has 0 unspecified atom stereocenters. The largest absolute Gasteiger partial charge is 0.428 e.